The highest BCUT2D eigenvalue weighted by Gasteiger charge is 2.17. The number of halogens is 2. The van der Waals surface area contributed by atoms with Crippen molar-refractivity contribution in [3.63, 3.8) is 0 Å². The molecule has 1 aromatic heterocycles. The predicted octanol–water partition coefficient (Wildman–Crippen LogP) is 4.99. The van der Waals surface area contributed by atoms with Gasteiger partial charge in [0.15, 0.2) is 17.4 Å². The van der Waals surface area contributed by atoms with Gasteiger partial charge in [-0.05, 0) is 49.1 Å². The minimum Gasteiger partial charge on any atom is -0.481 e. The van der Waals surface area contributed by atoms with Gasteiger partial charge >= 0.3 is 5.97 Å². The number of pyridine rings is 1. The summed E-state index contributed by atoms with van der Waals surface area (Å²) in [5, 5.41) is 10.2. The zero-order chi connectivity index (χ0) is 19.2. The normalized spacial score (nSPS) is 14.4. The minimum atomic E-state index is -1.02. The number of aryl methyl sites for hydroxylation is 1. The third-order valence-electron chi connectivity index (χ3n) is 4.42. The molecule has 0 radical (unpaired) electrons. The fourth-order valence-electron chi connectivity index (χ4n) is 3.07. The molecule has 1 aromatic carbocycles. The largest absolute Gasteiger partial charge is 0.481 e. The number of carbonyl (C=O) groups is 1. The molecule has 0 aliphatic heterocycles. The number of nitrogens with zero attached hydrogens (tertiary/aromatic N) is 1. The van der Waals surface area contributed by atoms with Gasteiger partial charge in [-0.3, -0.25) is 4.79 Å². The maximum Gasteiger partial charge on any atom is 0.303 e. The lowest BCUT2D eigenvalue weighted by Gasteiger charge is -2.11. The SMILES string of the molecule is O=C(O)CCc1cc(F)c(OCc2cccc(SC3CCCC3)n2)c(F)c1. The Balaban J connectivity index is 1.63. The molecule has 144 valence electrons. The van der Waals surface area contributed by atoms with E-state index in [1.165, 1.54) is 25.7 Å². The van der Waals surface area contributed by atoms with E-state index in [4.69, 9.17) is 9.84 Å². The third kappa shape index (κ3) is 5.66. The first-order valence-corrected chi connectivity index (χ1v) is 9.84. The molecule has 0 spiro atoms. The summed E-state index contributed by atoms with van der Waals surface area (Å²) in [5.74, 6) is -3.17. The highest BCUT2D eigenvalue weighted by Crippen LogP contribution is 2.33. The Morgan fingerprint density at radius 3 is 2.59 bits per heavy atom. The van der Waals surface area contributed by atoms with Gasteiger partial charge in [-0.2, -0.15) is 0 Å². The van der Waals surface area contributed by atoms with Crippen LogP contribution in [-0.2, 0) is 17.8 Å². The molecule has 1 N–H and O–H groups in total. The Kier molecular flexibility index (Phi) is 6.66. The van der Waals surface area contributed by atoms with Crippen LogP contribution in [0.3, 0.4) is 0 Å². The van der Waals surface area contributed by atoms with Gasteiger partial charge < -0.3 is 9.84 Å². The zero-order valence-electron chi connectivity index (χ0n) is 14.8. The Morgan fingerprint density at radius 2 is 1.93 bits per heavy atom. The van der Waals surface area contributed by atoms with Crippen LogP contribution in [0, 0.1) is 11.6 Å². The Hall–Kier alpha value is -2.15. The van der Waals surface area contributed by atoms with Crippen molar-refractivity contribution in [2.24, 2.45) is 0 Å². The first-order valence-electron chi connectivity index (χ1n) is 8.96. The molecule has 0 atom stereocenters. The van der Waals surface area contributed by atoms with Crippen molar-refractivity contribution in [3.8, 4) is 5.75 Å². The second-order valence-electron chi connectivity index (χ2n) is 6.56. The van der Waals surface area contributed by atoms with Gasteiger partial charge in [-0.15, -0.1) is 11.8 Å². The smallest absolute Gasteiger partial charge is 0.303 e. The van der Waals surface area contributed by atoms with E-state index >= 15 is 0 Å². The van der Waals surface area contributed by atoms with E-state index in [2.05, 4.69) is 4.98 Å². The average molecular weight is 393 g/mol. The van der Waals surface area contributed by atoms with Crippen molar-refractivity contribution in [1.29, 1.82) is 0 Å². The average Bonchev–Trinajstić information content (AvgIpc) is 3.12. The quantitative estimate of drug-likeness (QED) is 0.685. The lowest BCUT2D eigenvalue weighted by molar-refractivity contribution is -0.136. The number of hydrogen-bond donors (Lipinski definition) is 1. The lowest BCUT2D eigenvalue weighted by atomic mass is 10.1. The standard InChI is InChI=1S/C20H21F2NO3S/c21-16-10-13(8-9-19(24)25)11-17(22)20(16)26-12-14-4-3-7-18(23-14)27-15-5-1-2-6-15/h3-4,7,10-11,15H,1-2,5-6,8-9,12H2,(H,24,25). The molecule has 3 rings (SSSR count). The fourth-order valence-corrected chi connectivity index (χ4v) is 4.31. The summed E-state index contributed by atoms with van der Waals surface area (Å²) >= 11 is 1.74. The molecule has 0 amide bonds. The number of thioether (sulfide) groups is 1. The number of aliphatic carboxylic acids is 1. The molecule has 1 fully saturated rings. The second kappa shape index (κ2) is 9.17. The van der Waals surface area contributed by atoms with Crippen molar-refractivity contribution in [1.82, 2.24) is 4.98 Å². The summed E-state index contributed by atoms with van der Waals surface area (Å²) < 4.78 is 33.6. The molecule has 1 aliphatic carbocycles. The van der Waals surface area contributed by atoms with Crippen LogP contribution < -0.4 is 4.74 Å². The summed E-state index contributed by atoms with van der Waals surface area (Å²) in [6, 6.07) is 7.79. The molecular formula is C20H21F2NO3S. The summed E-state index contributed by atoms with van der Waals surface area (Å²) in [7, 11) is 0. The van der Waals surface area contributed by atoms with Gasteiger partial charge in [0.1, 0.15) is 6.61 Å². The van der Waals surface area contributed by atoms with Crippen molar-refractivity contribution >= 4 is 17.7 Å². The maximum absolute atomic E-state index is 14.2. The molecule has 0 unspecified atom stereocenters. The van der Waals surface area contributed by atoms with Gasteiger partial charge in [0.05, 0.1) is 10.7 Å². The molecule has 1 saturated carbocycles. The van der Waals surface area contributed by atoms with Crippen LogP contribution in [0.5, 0.6) is 5.75 Å². The molecule has 0 saturated heterocycles. The molecule has 1 aliphatic rings. The van der Waals surface area contributed by atoms with Crippen molar-refractivity contribution in [2.45, 2.75) is 55.4 Å². The zero-order valence-corrected chi connectivity index (χ0v) is 15.6. The second-order valence-corrected chi connectivity index (χ2v) is 7.88. The Labute approximate surface area is 161 Å². The van der Waals surface area contributed by atoms with Crippen LogP contribution in [0.25, 0.3) is 0 Å². The topological polar surface area (TPSA) is 59.4 Å². The van der Waals surface area contributed by atoms with E-state index in [0.29, 0.717) is 10.9 Å². The van der Waals surface area contributed by atoms with E-state index in [-0.39, 0.29) is 25.0 Å². The molecule has 4 nitrogen and oxygen atoms in total. The first-order chi connectivity index (χ1) is 13.0. The Morgan fingerprint density at radius 1 is 1.22 bits per heavy atom. The van der Waals surface area contributed by atoms with Crippen LogP contribution in [0.2, 0.25) is 0 Å². The van der Waals surface area contributed by atoms with Gasteiger partial charge in [0, 0.05) is 11.7 Å². The number of aromatic nitrogens is 1. The Bertz CT molecular complexity index is 787. The van der Waals surface area contributed by atoms with Gasteiger partial charge in [0.25, 0.3) is 0 Å². The maximum atomic E-state index is 14.2. The molecule has 27 heavy (non-hydrogen) atoms. The van der Waals surface area contributed by atoms with E-state index in [9.17, 15) is 13.6 Å². The van der Waals surface area contributed by atoms with Crippen molar-refractivity contribution in [3.05, 3.63) is 53.2 Å². The van der Waals surface area contributed by atoms with E-state index in [1.54, 1.807) is 17.8 Å². The van der Waals surface area contributed by atoms with Gasteiger partial charge in [0.2, 0.25) is 0 Å². The van der Waals surface area contributed by atoms with Crippen LogP contribution in [0.1, 0.15) is 43.4 Å². The highest BCUT2D eigenvalue weighted by atomic mass is 32.2. The van der Waals surface area contributed by atoms with Crippen LogP contribution >= 0.6 is 11.8 Å². The van der Waals surface area contributed by atoms with Gasteiger partial charge in [-0.25, -0.2) is 13.8 Å². The number of rotatable bonds is 8. The summed E-state index contributed by atoms with van der Waals surface area (Å²) in [4.78, 5) is 15.1. The number of carboxylic acid groups (broad SMARTS) is 1. The molecular weight excluding hydrogens is 372 g/mol. The lowest BCUT2D eigenvalue weighted by Crippen LogP contribution is -2.04. The van der Waals surface area contributed by atoms with E-state index < -0.39 is 23.4 Å². The number of ether oxygens (including phenoxy) is 1. The van der Waals surface area contributed by atoms with Gasteiger partial charge in [-0.1, -0.05) is 18.9 Å². The van der Waals surface area contributed by atoms with E-state index in [0.717, 1.165) is 17.2 Å². The number of carboxylic acids is 1. The molecule has 7 heteroatoms. The van der Waals surface area contributed by atoms with Crippen molar-refractivity contribution < 1.29 is 23.4 Å². The fraction of sp³-hybridized carbons (Fsp3) is 0.400. The summed E-state index contributed by atoms with van der Waals surface area (Å²) in [6.45, 7) is -0.0403. The monoisotopic (exact) mass is 393 g/mol. The summed E-state index contributed by atoms with van der Waals surface area (Å²) in [5.41, 5.74) is 0.889. The molecule has 2 aromatic rings. The van der Waals surface area contributed by atoms with Crippen LogP contribution in [0.4, 0.5) is 8.78 Å². The summed E-state index contributed by atoms with van der Waals surface area (Å²) in [6.07, 6.45) is 4.76. The minimum absolute atomic E-state index is 0.0403. The molecule has 1 heterocycles. The first kappa shape index (κ1) is 19.6. The van der Waals surface area contributed by atoms with E-state index in [1.807, 2.05) is 12.1 Å². The van der Waals surface area contributed by atoms with Crippen LogP contribution in [-0.4, -0.2) is 21.3 Å². The third-order valence-corrected chi connectivity index (χ3v) is 5.69. The van der Waals surface area contributed by atoms with Crippen LogP contribution in [0.15, 0.2) is 35.4 Å². The predicted molar refractivity (Wildman–Crippen MR) is 99.0 cm³/mol. The molecule has 0 bridgehead atoms. The number of hydrogen-bond acceptors (Lipinski definition) is 4. The van der Waals surface area contributed by atoms with Crippen molar-refractivity contribution in [2.75, 3.05) is 0 Å². The highest BCUT2D eigenvalue weighted by molar-refractivity contribution is 7.99. The number of benzene rings is 1.